The van der Waals surface area contributed by atoms with Gasteiger partial charge in [-0.15, -0.1) is 11.6 Å². The minimum Gasteiger partial charge on any atom is -0.490 e. The van der Waals surface area contributed by atoms with Gasteiger partial charge >= 0.3 is 0 Å². The van der Waals surface area contributed by atoms with Crippen LogP contribution in [0.1, 0.15) is 61.6 Å². The van der Waals surface area contributed by atoms with Crippen LogP contribution in [0.15, 0.2) is 78.9 Å². The molecule has 3 aromatic rings. The maximum absolute atomic E-state index is 7.38. The standard InChI is InChI=1S/C27H28Cl2O/c28-26-16-10-9-15-25(26)27(29,21-11-5-4-6-12-21)22-17-19-24(20-18-22)30-23-13-7-2-1-3-8-14-23/h4-6,9-12,15-20,23H,1-3,7-8,13-14H2. The van der Waals surface area contributed by atoms with Gasteiger partial charge in [-0.25, -0.2) is 0 Å². The second-order valence-corrected chi connectivity index (χ2v) is 9.09. The molecule has 1 atom stereocenters. The lowest BCUT2D eigenvalue weighted by Crippen LogP contribution is -2.23. The van der Waals surface area contributed by atoms with Gasteiger partial charge in [0.05, 0.1) is 6.10 Å². The number of rotatable bonds is 5. The third kappa shape index (κ3) is 4.68. The molecule has 0 saturated heterocycles. The van der Waals surface area contributed by atoms with E-state index in [0.29, 0.717) is 11.1 Å². The van der Waals surface area contributed by atoms with E-state index in [1.165, 1.54) is 32.1 Å². The first-order chi connectivity index (χ1) is 14.7. The van der Waals surface area contributed by atoms with E-state index >= 15 is 0 Å². The monoisotopic (exact) mass is 438 g/mol. The van der Waals surface area contributed by atoms with Gasteiger partial charge in [0.25, 0.3) is 0 Å². The Hall–Kier alpha value is -1.96. The maximum Gasteiger partial charge on any atom is 0.121 e. The summed E-state index contributed by atoms with van der Waals surface area (Å²) in [6.07, 6.45) is 9.12. The van der Waals surface area contributed by atoms with Crippen LogP contribution in [0.5, 0.6) is 5.75 Å². The van der Waals surface area contributed by atoms with Crippen LogP contribution in [0.4, 0.5) is 0 Å². The van der Waals surface area contributed by atoms with Gasteiger partial charge in [-0.2, -0.15) is 0 Å². The van der Waals surface area contributed by atoms with E-state index in [4.69, 9.17) is 27.9 Å². The molecule has 0 spiro atoms. The number of alkyl halides is 1. The minimum atomic E-state index is -0.863. The molecule has 156 valence electrons. The highest BCUT2D eigenvalue weighted by Gasteiger charge is 2.35. The van der Waals surface area contributed by atoms with Gasteiger partial charge in [-0.3, -0.25) is 0 Å². The van der Waals surface area contributed by atoms with Gasteiger partial charge in [-0.05, 0) is 55.0 Å². The van der Waals surface area contributed by atoms with Crippen LogP contribution >= 0.6 is 23.2 Å². The molecule has 0 aromatic heterocycles. The molecule has 4 rings (SSSR count). The van der Waals surface area contributed by atoms with Crippen LogP contribution in [0.2, 0.25) is 5.02 Å². The van der Waals surface area contributed by atoms with E-state index in [1.54, 1.807) is 0 Å². The molecule has 0 radical (unpaired) electrons. The highest BCUT2D eigenvalue weighted by Crippen LogP contribution is 2.46. The van der Waals surface area contributed by atoms with Crippen LogP contribution < -0.4 is 4.74 Å². The summed E-state index contributed by atoms with van der Waals surface area (Å²) < 4.78 is 6.32. The second-order valence-electron chi connectivity index (χ2n) is 8.11. The molecule has 0 bridgehead atoms. The van der Waals surface area contributed by atoms with Gasteiger partial charge in [0.2, 0.25) is 0 Å². The van der Waals surface area contributed by atoms with Gasteiger partial charge in [0.1, 0.15) is 10.6 Å². The molecule has 1 nitrogen and oxygen atoms in total. The van der Waals surface area contributed by atoms with Crippen molar-refractivity contribution in [2.45, 2.75) is 55.9 Å². The van der Waals surface area contributed by atoms with Crippen molar-refractivity contribution in [3.05, 3.63) is 101 Å². The summed E-state index contributed by atoms with van der Waals surface area (Å²) in [4.78, 5) is -0.863. The summed E-state index contributed by atoms with van der Waals surface area (Å²) in [5.74, 6) is 0.913. The predicted molar refractivity (Wildman–Crippen MR) is 127 cm³/mol. The van der Waals surface area contributed by atoms with E-state index in [-0.39, 0.29) is 0 Å². The van der Waals surface area contributed by atoms with Crippen LogP contribution in [-0.2, 0) is 4.87 Å². The second kappa shape index (κ2) is 9.90. The van der Waals surface area contributed by atoms with Crippen molar-refractivity contribution >= 4 is 23.2 Å². The third-order valence-electron chi connectivity index (χ3n) is 6.02. The van der Waals surface area contributed by atoms with E-state index in [9.17, 15) is 0 Å². The quantitative estimate of drug-likeness (QED) is 0.287. The van der Waals surface area contributed by atoms with E-state index in [2.05, 4.69) is 24.3 Å². The molecule has 30 heavy (non-hydrogen) atoms. The summed E-state index contributed by atoms with van der Waals surface area (Å²) >= 11 is 14.0. The minimum absolute atomic E-state index is 0.314. The zero-order valence-electron chi connectivity index (χ0n) is 17.2. The largest absolute Gasteiger partial charge is 0.490 e. The van der Waals surface area contributed by atoms with Crippen molar-refractivity contribution in [1.82, 2.24) is 0 Å². The van der Waals surface area contributed by atoms with E-state index < -0.39 is 4.87 Å². The van der Waals surface area contributed by atoms with Gasteiger partial charge in [0.15, 0.2) is 0 Å². The van der Waals surface area contributed by atoms with Crippen LogP contribution in [0.3, 0.4) is 0 Å². The average Bonchev–Trinajstić information content (AvgIpc) is 2.76. The van der Waals surface area contributed by atoms with Crippen molar-refractivity contribution < 1.29 is 4.74 Å². The summed E-state index contributed by atoms with van der Waals surface area (Å²) in [5.41, 5.74) is 2.86. The summed E-state index contributed by atoms with van der Waals surface area (Å²) in [6.45, 7) is 0. The average molecular weight is 439 g/mol. The zero-order valence-corrected chi connectivity index (χ0v) is 18.7. The predicted octanol–water partition coefficient (Wildman–Crippen LogP) is 8.36. The Morgan fingerprint density at radius 1 is 0.667 bits per heavy atom. The number of hydrogen-bond acceptors (Lipinski definition) is 1. The summed E-state index contributed by atoms with van der Waals surface area (Å²) in [5, 5.41) is 0.659. The molecule has 0 heterocycles. The summed E-state index contributed by atoms with van der Waals surface area (Å²) in [6, 6.07) is 26.2. The number of ether oxygens (including phenoxy) is 1. The normalized spacial score (nSPS) is 17.5. The Morgan fingerprint density at radius 2 is 1.23 bits per heavy atom. The van der Waals surface area contributed by atoms with Crippen molar-refractivity contribution in [3.8, 4) is 5.75 Å². The molecule has 1 saturated carbocycles. The topological polar surface area (TPSA) is 9.23 Å². The first-order valence-electron chi connectivity index (χ1n) is 10.9. The van der Waals surface area contributed by atoms with Gasteiger partial charge in [-0.1, -0.05) is 91.5 Å². The molecule has 3 heteroatoms. The molecule has 0 N–H and O–H groups in total. The molecule has 3 aromatic carbocycles. The zero-order chi connectivity index (χ0) is 20.8. The van der Waals surface area contributed by atoms with Gasteiger partial charge in [0, 0.05) is 10.6 Å². The first kappa shape index (κ1) is 21.3. The van der Waals surface area contributed by atoms with Crippen molar-refractivity contribution in [2.24, 2.45) is 0 Å². The highest BCUT2D eigenvalue weighted by atomic mass is 35.5. The Labute approximate surface area is 190 Å². The smallest absolute Gasteiger partial charge is 0.121 e. The third-order valence-corrected chi connectivity index (χ3v) is 6.99. The Bertz CT molecular complexity index is 931. The molecular formula is C27H28Cl2O. The van der Waals surface area contributed by atoms with E-state index in [0.717, 1.165) is 35.3 Å². The van der Waals surface area contributed by atoms with Crippen LogP contribution in [0.25, 0.3) is 0 Å². The summed E-state index contributed by atoms with van der Waals surface area (Å²) in [7, 11) is 0. The van der Waals surface area contributed by atoms with Gasteiger partial charge < -0.3 is 4.74 Å². The Morgan fingerprint density at radius 3 is 1.90 bits per heavy atom. The number of halogens is 2. The molecule has 1 aliphatic rings. The Kier molecular flexibility index (Phi) is 7.02. The molecular weight excluding hydrogens is 411 g/mol. The van der Waals surface area contributed by atoms with Crippen LogP contribution in [-0.4, -0.2) is 6.10 Å². The van der Waals surface area contributed by atoms with E-state index in [1.807, 2.05) is 54.6 Å². The lowest BCUT2D eigenvalue weighted by atomic mass is 9.84. The van der Waals surface area contributed by atoms with Crippen molar-refractivity contribution in [3.63, 3.8) is 0 Å². The lowest BCUT2D eigenvalue weighted by molar-refractivity contribution is 0.166. The fourth-order valence-corrected chi connectivity index (χ4v) is 5.12. The molecule has 1 unspecified atom stereocenters. The highest BCUT2D eigenvalue weighted by molar-refractivity contribution is 6.34. The number of benzene rings is 3. The fraction of sp³-hybridized carbons (Fsp3) is 0.333. The molecule has 0 aliphatic heterocycles. The fourth-order valence-electron chi connectivity index (χ4n) is 4.38. The molecule has 1 fully saturated rings. The van der Waals surface area contributed by atoms with Crippen LogP contribution in [0, 0.1) is 0 Å². The number of hydrogen-bond donors (Lipinski definition) is 0. The van der Waals surface area contributed by atoms with Crippen molar-refractivity contribution in [2.75, 3.05) is 0 Å². The first-order valence-corrected chi connectivity index (χ1v) is 11.7. The lowest BCUT2D eigenvalue weighted by Gasteiger charge is -2.30. The molecule has 1 aliphatic carbocycles. The Balaban J connectivity index is 1.64. The molecule has 0 amide bonds. The maximum atomic E-state index is 7.38. The van der Waals surface area contributed by atoms with Crippen molar-refractivity contribution in [1.29, 1.82) is 0 Å². The SMILES string of the molecule is Clc1ccccc1C(Cl)(c1ccccc1)c1ccc(OC2CCCCCCC2)cc1.